The van der Waals surface area contributed by atoms with Crippen molar-refractivity contribution in [3.63, 3.8) is 0 Å². The van der Waals surface area contributed by atoms with E-state index in [0.717, 1.165) is 5.56 Å². The van der Waals surface area contributed by atoms with Crippen molar-refractivity contribution in [3.8, 4) is 0 Å². The molecule has 2 aromatic carbocycles. The van der Waals surface area contributed by atoms with Crippen molar-refractivity contribution in [2.75, 3.05) is 16.8 Å². The fourth-order valence-electron chi connectivity index (χ4n) is 3.06. The van der Waals surface area contributed by atoms with E-state index in [0.29, 0.717) is 29.5 Å². The molecule has 0 radical (unpaired) electrons. The molecule has 7 heteroatoms. The van der Waals surface area contributed by atoms with Crippen LogP contribution in [0, 0.1) is 5.92 Å². The van der Waals surface area contributed by atoms with Crippen LogP contribution in [0.3, 0.4) is 0 Å². The fraction of sp³-hybridized carbons (Fsp3) is 0.250. The molecule has 1 heterocycles. The first-order valence-electron chi connectivity index (χ1n) is 8.63. The summed E-state index contributed by atoms with van der Waals surface area (Å²) in [6, 6.07) is 14.3. The van der Waals surface area contributed by atoms with E-state index in [1.807, 2.05) is 18.2 Å². The predicted molar refractivity (Wildman–Crippen MR) is 105 cm³/mol. The normalized spacial score (nSPS) is 16.3. The molecule has 0 aliphatic carbocycles. The van der Waals surface area contributed by atoms with Gasteiger partial charge in [-0.05, 0) is 29.8 Å². The Balaban J connectivity index is 1.64. The van der Waals surface area contributed by atoms with Crippen molar-refractivity contribution in [3.05, 3.63) is 59.1 Å². The molecule has 0 spiro atoms. The highest BCUT2D eigenvalue weighted by molar-refractivity contribution is 6.31. The summed E-state index contributed by atoms with van der Waals surface area (Å²) in [6.45, 7) is 2.05. The Morgan fingerprint density at radius 2 is 1.96 bits per heavy atom. The van der Waals surface area contributed by atoms with E-state index in [4.69, 9.17) is 11.6 Å². The maximum Gasteiger partial charge on any atom is 0.227 e. The van der Waals surface area contributed by atoms with Crippen molar-refractivity contribution in [1.29, 1.82) is 0 Å². The number of rotatable bonds is 5. The number of hydrogen-bond acceptors (Lipinski definition) is 3. The standard InChI is InChI=1S/C20H20ClN3O3/c1-13(25)23-16-6-4-7-17(10-16)24-12-15(9-19(24)26)20(27)22-11-14-5-2-3-8-18(14)21/h2-8,10,15H,9,11-12H2,1H3,(H,22,27)(H,23,25). The van der Waals surface area contributed by atoms with Crippen LogP contribution in [0.15, 0.2) is 48.5 Å². The molecule has 2 aromatic rings. The molecule has 1 fully saturated rings. The monoisotopic (exact) mass is 385 g/mol. The third kappa shape index (κ3) is 4.65. The van der Waals surface area contributed by atoms with Gasteiger partial charge in [-0.1, -0.05) is 35.9 Å². The Hall–Kier alpha value is -2.86. The van der Waals surface area contributed by atoms with Crippen molar-refractivity contribution >= 4 is 40.7 Å². The van der Waals surface area contributed by atoms with Gasteiger partial charge in [0.25, 0.3) is 0 Å². The topological polar surface area (TPSA) is 78.5 Å². The number of carbonyl (C=O) groups is 3. The molecular weight excluding hydrogens is 366 g/mol. The lowest BCUT2D eigenvalue weighted by Crippen LogP contribution is -2.32. The van der Waals surface area contributed by atoms with Gasteiger partial charge in [0.2, 0.25) is 17.7 Å². The van der Waals surface area contributed by atoms with Crippen LogP contribution in [0.25, 0.3) is 0 Å². The van der Waals surface area contributed by atoms with Crippen molar-refractivity contribution in [2.45, 2.75) is 19.9 Å². The van der Waals surface area contributed by atoms with Gasteiger partial charge in [-0.25, -0.2) is 0 Å². The molecule has 27 heavy (non-hydrogen) atoms. The first kappa shape index (κ1) is 18.9. The number of anilines is 2. The first-order chi connectivity index (χ1) is 12.9. The summed E-state index contributed by atoms with van der Waals surface area (Å²) < 4.78 is 0. The molecular formula is C20H20ClN3O3. The maximum atomic E-state index is 12.5. The van der Waals surface area contributed by atoms with Gasteiger partial charge in [0.05, 0.1) is 5.92 Å². The number of amides is 3. The van der Waals surface area contributed by atoms with Gasteiger partial charge >= 0.3 is 0 Å². The second-order valence-electron chi connectivity index (χ2n) is 6.45. The highest BCUT2D eigenvalue weighted by atomic mass is 35.5. The van der Waals surface area contributed by atoms with Crippen LogP contribution in [-0.4, -0.2) is 24.3 Å². The van der Waals surface area contributed by atoms with E-state index >= 15 is 0 Å². The van der Waals surface area contributed by atoms with Gasteiger partial charge in [-0.3, -0.25) is 14.4 Å². The smallest absolute Gasteiger partial charge is 0.227 e. The van der Waals surface area contributed by atoms with Crippen LogP contribution < -0.4 is 15.5 Å². The van der Waals surface area contributed by atoms with E-state index in [1.165, 1.54) is 6.92 Å². The Morgan fingerprint density at radius 3 is 2.70 bits per heavy atom. The molecule has 0 saturated carbocycles. The lowest BCUT2D eigenvalue weighted by Gasteiger charge is -2.18. The average Bonchev–Trinajstić information content (AvgIpc) is 3.02. The summed E-state index contributed by atoms with van der Waals surface area (Å²) in [7, 11) is 0. The number of carbonyl (C=O) groups excluding carboxylic acids is 3. The molecule has 2 N–H and O–H groups in total. The SMILES string of the molecule is CC(=O)Nc1cccc(N2CC(C(=O)NCc3ccccc3Cl)CC2=O)c1. The number of benzene rings is 2. The van der Waals surface area contributed by atoms with E-state index in [9.17, 15) is 14.4 Å². The molecule has 1 atom stereocenters. The van der Waals surface area contributed by atoms with Gasteiger partial charge in [-0.2, -0.15) is 0 Å². The van der Waals surface area contributed by atoms with Crippen LogP contribution in [-0.2, 0) is 20.9 Å². The lowest BCUT2D eigenvalue weighted by atomic mass is 10.1. The largest absolute Gasteiger partial charge is 0.352 e. The van der Waals surface area contributed by atoms with Crippen molar-refractivity contribution in [1.82, 2.24) is 5.32 Å². The Labute approximate surface area is 162 Å². The number of nitrogens with zero attached hydrogens (tertiary/aromatic N) is 1. The molecule has 1 aliphatic heterocycles. The highest BCUT2D eigenvalue weighted by Gasteiger charge is 2.35. The minimum atomic E-state index is -0.426. The summed E-state index contributed by atoms with van der Waals surface area (Å²) in [6.07, 6.45) is 0.152. The highest BCUT2D eigenvalue weighted by Crippen LogP contribution is 2.27. The van der Waals surface area contributed by atoms with Gasteiger partial charge in [0.15, 0.2) is 0 Å². The van der Waals surface area contributed by atoms with Gasteiger partial charge < -0.3 is 15.5 Å². The Kier molecular flexibility index (Phi) is 5.76. The zero-order chi connectivity index (χ0) is 19.4. The Morgan fingerprint density at radius 1 is 1.19 bits per heavy atom. The van der Waals surface area contributed by atoms with E-state index in [-0.39, 0.29) is 24.1 Å². The molecule has 1 unspecified atom stereocenters. The van der Waals surface area contributed by atoms with Crippen LogP contribution >= 0.6 is 11.6 Å². The fourth-order valence-corrected chi connectivity index (χ4v) is 3.26. The summed E-state index contributed by atoms with van der Waals surface area (Å²) in [4.78, 5) is 37.6. The first-order valence-corrected chi connectivity index (χ1v) is 9.01. The van der Waals surface area contributed by atoms with E-state index in [2.05, 4.69) is 10.6 Å². The second kappa shape index (κ2) is 8.22. The quantitative estimate of drug-likeness (QED) is 0.830. The molecule has 6 nitrogen and oxygen atoms in total. The minimum absolute atomic E-state index is 0.118. The second-order valence-corrected chi connectivity index (χ2v) is 6.85. The zero-order valence-electron chi connectivity index (χ0n) is 14.9. The Bertz CT molecular complexity index is 884. The maximum absolute atomic E-state index is 12.5. The van der Waals surface area contributed by atoms with Crippen LogP contribution in [0.5, 0.6) is 0 Å². The average molecular weight is 386 g/mol. The molecule has 3 rings (SSSR count). The van der Waals surface area contributed by atoms with E-state index in [1.54, 1.807) is 35.2 Å². The summed E-state index contributed by atoms with van der Waals surface area (Å²) in [5.41, 5.74) is 2.10. The lowest BCUT2D eigenvalue weighted by molar-refractivity contribution is -0.126. The van der Waals surface area contributed by atoms with Gasteiger partial charge in [-0.15, -0.1) is 0 Å². The summed E-state index contributed by atoms with van der Waals surface area (Å²) in [5, 5.41) is 6.14. The molecule has 0 bridgehead atoms. The third-order valence-corrected chi connectivity index (χ3v) is 4.75. The molecule has 0 aromatic heterocycles. The van der Waals surface area contributed by atoms with Crippen LogP contribution in [0.4, 0.5) is 11.4 Å². The van der Waals surface area contributed by atoms with Gasteiger partial charge in [0.1, 0.15) is 0 Å². The summed E-state index contributed by atoms with van der Waals surface area (Å²) >= 11 is 6.10. The summed E-state index contributed by atoms with van der Waals surface area (Å²) in [5.74, 6) is -0.905. The van der Waals surface area contributed by atoms with Gasteiger partial charge in [0, 0.05) is 42.8 Å². The number of halogens is 1. The minimum Gasteiger partial charge on any atom is -0.352 e. The number of nitrogens with one attached hydrogen (secondary N) is 2. The van der Waals surface area contributed by atoms with Crippen molar-refractivity contribution in [2.24, 2.45) is 5.92 Å². The number of hydrogen-bond donors (Lipinski definition) is 2. The molecule has 1 saturated heterocycles. The molecule has 3 amide bonds. The predicted octanol–water partition coefficient (Wildman–Crippen LogP) is 2.97. The molecule has 1 aliphatic rings. The zero-order valence-corrected chi connectivity index (χ0v) is 15.6. The van der Waals surface area contributed by atoms with E-state index < -0.39 is 5.92 Å². The van der Waals surface area contributed by atoms with Crippen LogP contribution in [0.2, 0.25) is 5.02 Å². The van der Waals surface area contributed by atoms with Crippen molar-refractivity contribution < 1.29 is 14.4 Å². The van der Waals surface area contributed by atoms with Crippen LogP contribution in [0.1, 0.15) is 18.9 Å². The molecule has 140 valence electrons. The third-order valence-electron chi connectivity index (χ3n) is 4.38.